The molecule has 0 aliphatic heterocycles. The zero-order valence-electron chi connectivity index (χ0n) is 10.7. The van der Waals surface area contributed by atoms with Gasteiger partial charge in [-0.05, 0) is 18.2 Å². The van der Waals surface area contributed by atoms with Crippen molar-refractivity contribution in [2.75, 3.05) is 7.11 Å². The van der Waals surface area contributed by atoms with E-state index in [1.807, 2.05) is 36.1 Å². The van der Waals surface area contributed by atoms with Gasteiger partial charge in [0.15, 0.2) is 0 Å². The lowest BCUT2D eigenvalue weighted by Crippen LogP contribution is -2.00. The largest absolute Gasteiger partial charge is 0.464 e. The van der Waals surface area contributed by atoms with Crippen LogP contribution in [0.2, 0.25) is 0 Å². The molecule has 96 valence electrons. The molecule has 3 aromatic rings. The first-order valence-electron chi connectivity index (χ1n) is 5.87. The summed E-state index contributed by atoms with van der Waals surface area (Å²) in [6.45, 7) is 0. The van der Waals surface area contributed by atoms with E-state index in [1.54, 1.807) is 12.3 Å². The summed E-state index contributed by atoms with van der Waals surface area (Å²) >= 11 is 0. The summed E-state index contributed by atoms with van der Waals surface area (Å²) < 4.78 is 6.72. The highest BCUT2D eigenvalue weighted by molar-refractivity contribution is 5.96. The minimum atomic E-state index is -0.371. The Kier molecular flexibility index (Phi) is 2.59. The maximum absolute atomic E-state index is 11.5. The number of nitrogens with one attached hydrogen (secondary N) is 1. The Labute approximate surface area is 109 Å². The average Bonchev–Trinajstić information content (AvgIpc) is 3.04. The maximum Gasteiger partial charge on any atom is 0.354 e. The zero-order valence-corrected chi connectivity index (χ0v) is 10.7. The Morgan fingerprint density at radius 1 is 1.37 bits per heavy atom. The molecule has 5 nitrogen and oxygen atoms in total. The van der Waals surface area contributed by atoms with E-state index in [2.05, 4.69) is 9.97 Å². The second kappa shape index (κ2) is 4.28. The summed E-state index contributed by atoms with van der Waals surface area (Å²) in [6.07, 6.45) is 5.60. The molecule has 0 saturated heterocycles. The van der Waals surface area contributed by atoms with Gasteiger partial charge in [0.25, 0.3) is 0 Å². The number of pyridine rings is 1. The highest BCUT2D eigenvalue weighted by atomic mass is 16.5. The van der Waals surface area contributed by atoms with E-state index < -0.39 is 0 Å². The first-order valence-corrected chi connectivity index (χ1v) is 5.87. The van der Waals surface area contributed by atoms with Crippen LogP contribution in [0.25, 0.3) is 22.2 Å². The van der Waals surface area contributed by atoms with Crippen LogP contribution in [0.1, 0.15) is 10.5 Å². The normalized spacial score (nSPS) is 10.8. The Balaban J connectivity index is 2.14. The number of H-pyrrole nitrogens is 1. The van der Waals surface area contributed by atoms with Crippen molar-refractivity contribution in [3.63, 3.8) is 0 Å². The molecule has 19 heavy (non-hydrogen) atoms. The van der Waals surface area contributed by atoms with E-state index in [-0.39, 0.29) is 5.97 Å². The molecule has 1 N–H and O–H groups in total. The average molecular weight is 255 g/mol. The van der Waals surface area contributed by atoms with Crippen LogP contribution in [0.4, 0.5) is 0 Å². The number of aromatic nitrogens is 3. The third-order valence-electron chi connectivity index (χ3n) is 3.17. The Morgan fingerprint density at radius 3 is 3.00 bits per heavy atom. The molecule has 0 unspecified atom stereocenters. The number of esters is 1. The van der Waals surface area contributed by atoms with E-state index in [9.17, 15) is 4.79 Å². The van der Waals surface area contributed by atoms with Crippen LogP contribution in [-0.2, 0) is 11.8 Å². The lowest BCUT2D eigenvalue weighted by atomic mass is 10.2. The van der Waals surface area contributed by atoms with Gasteiger partial charge < -0.3 is 14.3 Å². The van der Waals surface area contributed by atoms with Gasteiger partial charge in [-0.1, -0.05) is 0 Å². The lowest BCUT2D eigenvalue weighted by molar-refractivity contribution is 0.0595. The summed E-state index contributed by atoms with van der Waals surface area (Å²) in [5.74, 6) is -0.371. The number of fused-ring (bicyclic) bond motifs is 1. The van der Waals surface area contributed by atoms with Crippen molar-refractivity contribution in [3.05, 3.63) is 42.5 Å². The maximum atomic E-state index is 11.5. The van der Waals surface area contributed by atoms with Gasteiger partial charge in [0.1, 0.15) is 5.69 Å². The van der Waals surface area contributed by atoms with Crippen molar-refractivity contribution >= 4 is 16.9 Å². The number of ether oxygens (including phenoxy) is 1. The fourth-order valence-corrected chi connectivity index (χ4v) is 2.23. The first kappa shape index (κ1) is 11.5. The molecule has 0 fully saturated rings. The Morgan fingerprint density at radius 2 is 2.21 bits per heavy atom. The third-order valence-corrected chi connectivity index (χ3v) is 3.17. The van der Waals surface area contributed by atoms with E-state index in [0.717, 1.165) is 22.2 Å². The predicted molar refractivity (Wildman–Crippen MR) is 71.8 cm³/mol. The molecule has 0 amide bonds. The topological polar surface area (TPSA) is 59.9 Å². The van der Waals surface area contributed by atoms with Gasteiger partial charge in [0, 0.05) is 42.3 Å². The molecule has 0 aliphatic carbocycles. The number of carbonyl (C=O) groups is 1. The number of nitrogens with zero attached hydrogens (tertiary/aromatic N) is 2. The van der Waals surface area contributed by atoms with E-state index in [1.165, 1.54) is 7.11 Å². The monoisotopic (exact) mass is 255 g/mol. The number of carbonyl (C=O) groups excluding carboxylic acids is 1. The molecule has 0 spiro atoms. The number of hydrogen-bond acceptors (Lipinski definition) is 3. The molecule has 0 bridgehead atoms. The molecule has 3 heterocycles. The second-order valence-corrected chi connectivity index (χ2v) is 4.32. The summed E-state index contributed by atoms with van der Waals surface area (Å²) in [7, 11) is 3.35. The molecule has 0 aromatic carbocycles. The van der Waals surface area contributed by atoms with Gasteiger partial charge in [-0.25, -0.2) is 4.79 Å². The smallest absolute Gasteiger partial charge is 0.354 e. The molecule has 0 aliphatic rings. The molecule has 3 aromatic heterocycles. The van der Waals surface area contributed by atoms with Gasteiger partial charge in [-0.3, -0.25) is 4.98 Å². The first-order chi connectivity index (χ1) is 9.20. The van der Waals surface area contributed by atoms with Crippen molar-refractivity contribution in [1.82, 2.24) is 14.5 Å². The van der Waals surface area contributed by atoms with Crippen LogP contribution in [-0.4, -0.2) is 27.6 Å². The van der Waals surface area contributed by atoms with E-state index in [4.69, 9.17) is 4.74 Å². The van der Waals surface area contributed by atoms with Crippen LogP contribution in [0.5, 0.6) is 0 Å². The van der Waals surface area contributed by atoms with Crippen molar-refractivity contribution in [2.24, 2.45) is 7.05 Å². The highest BCUT2D eigenvalue weighted by Crippen LogP contribution is 2.28. The quantitative estimate of drug-likeness (QED) is 0.715. The number of aryl methyl sites for hydroxylation is 1. The summed E-state index contributed by atoms with van der Waals surface area (Å²) in [5, 5.41) is 1.04. The molecule has 0 atom stereocenters. The standard InChI is InChI=1S/C14H13N3O2/c1-17-8-10(9-7-15-6-5-13(9)17)11-3-4-12(16-11)14(18)19-2/h3-8,16H,1-2H3. The second-order valence-electron chi connectivity index (χ2n) is 4.32. The molecule has 3 rings (SSSR count). The Bertz CT molecular complexity index is 755. The van der Waals surface area contributed by atoms with Crippen molar-refractivity contribution in [1.29, 1.82) is 0 Å². The Hall–Kier alpha value is -2.56. The summed E-state index contributed by atoms with van der Waals surface area (Å²) in [5.41, 5.74) is 3.43. The predicted octanol–water partition coefficient (Wildman–Crippen LogP) is 2.35. The fraction of sp³-hybridized carbons (Fsp3) is 0.143. The minimum Gasteiger partial charge on any atom is -0.464 e. The van der Waals surface area contributed by atoms with Crippen LogP contribution in [0.3, 0.4) is 0 Å². The minimum absolute atomic E-state index is 0.371. The van der Waals surface area contributed by atoms with Crippen LogP contribution in [0, 0.1) is 0 Å². The highest BCUT2D eigenvalue weighted by Gasteiger charge is 2.13. The molecule has 0 radical (unpaired) electrons. The molecule has 5 heteroatoms. The van der Waals surface area contributed by atoms with Crippen LogP contribution < -0.4 is 0 Å². The number of aromatic amines is 1. The van der Waals surface area contributed by atoms with Gasteiger partial charge in [0.2, 0.25) is 0 Å². The number of hydrogen-bond donors (Lipinski definition) is 1. The van der Waals surface area contributed by atoms with E-state index >= 15 is 0 Å². The van der Waals surface area contributed by atoms with Crippen molar-refractivity contribution < 1.29 is 9.53 Å². The van der Waals surface area contributed by atoms with Crippen molar-refractivity contribution in [3.8, 4) is 11.3 Å². The molecular formula is C14H13N3O2. The summed E-state index contributed by atoms with van der Waals surface area (Å²) in [6, 6.07) is 5.55. The number of methoxy groups -OCH3 is 1. The molecule has 0 saturated carbocycles. The SMILES string of the molecule is COC(=O)c1ccc(-c2cn(C)c3ccncc23)[nH]1. The lowest BCUT2D eigenvalue weighted by Gasteiger charge is -1.96. The van der Waals surface area contributed by atoms with Gasteiger partial charge in [-0.2, -0.15) is 0 Å². The number of rotatable bonds is 2. The molecular weight excluding hydrogens is 242 g/mol. The van der Waals surface area contributed by atoms with Crippen LogP contribution in [0.15, 0.2) is 36.8 Å². The van der Waals surface area contributed by atoms with Gasteiger partial charge in [0.05, 0.1) is 12.6 Å². The van der Waals surface area contributed by atoms with Crippen LogP contribution >= 0.6 is 0 Å². The van der Waals surface area contributed by atoms with Gasteiger partial charge in [-0.15, -0.1) is 0 Å². The van der Waals surface area contributed by atoms with Gasteiger partial charge >= 0.3 is 5.97 Å². The summed E-state index contributed by atoms with van der Waals surface area (Å²) in [4.78, 5) is 18.7. The third kappa shape index (κ3) is 1.79. The fourth-order valence-electron chi connectivity index (χ4n) is 2.23. The zero-order chi connectivity index (χ0) is 13.4. The van der Waals surface area contributed by atoms with Crippen molar-refractivity contribution in [2.45, 2.75) is 0 Å². The van der Waals surface area contributed by atoms with E-state index in [0.29, 0.717) is 5.69 Å².